The Morgan fingerprint density at radius 1 is 1.09 bits per heavy atom. The zero-order chi connectivity index (χ0) is 23.9. The molecule has 1 aromatic carbocycles. The maximum atomic E-state index is 13.2. The summed E-state index contributed by atoms with van der Waals surface area (Å²) in [6.45, 7) is 6.29. The molecule has 33 heavy (non-hydrogen) atoms. The van der Waals surface area contributed by atoms with Crippen molar-refractivity contribution in [2.45, 2.75) is 58.5 Å². The first-order valence-corrected chi connectivity index (χ1v) is 11.1. The van der Waals surface area contributed by atoms with E-state index in [-0.39, 0.29) is 5.91 Å². The summed E-state index contributed by atoms with van der Waals surface area (Å²) in [4.78, 5) is 39.4. The van der Waals surface area contributed by atoms with Crippen LogP contribution < -0.4 is 27.6 Å². The number of carbonyl (C=O) groups excluding carboxylic acids is 3. The van der Waals surface area contributed by atoms with Crippen molar-refractivity contribution >= 4 is 23.3 Å². The Hall–Kier alpha value is -3.59. The van der Waals surface area contributed by atoms with E-state index in [0.29, 0.717) is 54.0 Å². The van der Waals surface area contributed by atoms with Crippen LogP contribution in [0, 0.1) is 20.8 Å². The van der Waals surface area contributed by atoms with E-state index in [1.165, 1.54) is 6.20 Å². The minimum atomic E-state index is -0.751. The lowest BCUT2D eigenvalue weighted by Crippen LogP contribution is -2.45. The molecule has 7 N–H and O–H groups in total. The summed E-state index contributed by atoms with van der Waals surface area (Å²) in [5, 5.41) is 5.73. The summed E-state index contributed by atoms with van der Waals surface area (Å²) in [6, 6.07) is 5.83. The Balaban J connectivity index is 1.62. The van der Waals surface area contributed by atoms with Crippen LogP contribution in [0.15, 0.2) is 30.1 Å². The second-order valence-corrected chi connectivity index (χ2v) is 9.01. The van der Waals surface area contributed by atoms with Crippen molar-refractivity contribution in [1.82, 2.24) is 15.3 Å². The third kappa shape index (κ3) is 4.11. The van der Waals surface area contributed by atoms with Crippen LogP contribution >= 0.6 is 0 Å². The lowest BCUT2D eigenvalue weighted by Gasteiger charge is -2.17. The van der Waals surface area contributed by atoms with Crippen molar-refractivity contribution < 1.29 is 14.4 Å². The molecule has 1 fully saturated rings. The van der Waals surface area contributed by atoms with E-state index >= 15 is 0 Å². The van der Waals surface area contributed by atoms with E-state index in [2.05, 4.69) is 16.1 Å². The van der Waals surface area contributed by atoms with Crippen LogP contribution in [0.2, 0.25) is 0 Å². The molecule has 4 rings (SSSR count). The van der Waals surface area contributed by atoms with E-state index in [4.69, 9.17) is 11.6 Å². The number of nitrogens with zero attached hydrogens (tertiary/aromatic N) is 1. The molecule has 2 aliphatic rings. The first-order chi connectivity index (χ1) is 15.7. The van der Waals surface area contributed by atoms with Crippen LogP contribution in [0.25, 0.3) is 0 Å². The molecule has 2 heterocycles. The van der Waals surface area contributed by atoms with Crippen LogP contribution in [0.4, 0.5) is 5.69 Å². The molecule has 1 aliphatic carbocycles. The second kappa shape index (κ2) is 8.40. The Bertz CT molecular complexity index is 1170. The van der Waals surface area contributed by atoms with E-state index in [1.807, 2.05) is 36.6 Å². The van der Waals surface area contributed by atoms with E-state index in [9.17, 15) is 14.4 Å². The number of hydrazine groups is 1. The highest BCUT2D eigenvalue weighted by molar-refractivity contribution is 6.44. The lowest BCUT2D eigenvalue weighted by atomic mass is 10.0. The van der Waals surface area contributed by atoms with Gasteiger partial charge in [0.2, 0.25) is 0 Å². The number of Topliss-reactive ketones (excluding diaryl/α,β-unsaturated/α-hetero) is 1. The summed E-state index contributed by atoms with van der Waals surface area (Å²) >= 11 is 0. The summed E-state index contributed by atoms with van der Waals surface area (Å²) in [6.07, 6.45) is 4.12. The molecular weight excluding hydrogens is 420 g/mol. The number of anilines is 1. The van der Waals surface area contributed by atoms with Crippen molar-refractivity contribution in [3.05, 3.63) is 63.7 Å². The number of aromatic nitrogens is 1. The number of benzene rings is 1. The zero-order valence-electron chi connectivity index (χ0n) is 19.2. The molecule has 0 saturated heterocycles. The number of fused-ring (bicyclic) bond motifs is 1. The first kappa shape index (κ1) is 22.6. The fourth-order valence-corrected chi connectivity index (χ4v) is 4.78. The molecule has 0 atom stereocenters. The van der Waals surface area contributed by atoms with Gasteiger partial charge in [0.05, 0.1) is 16.8 Å². The molecule has 1 saturated carbocycles. The van der Waals surface area contributed by atoms with Crippen LogP contribution in [-0.2, 0) is 17.8 Å². The quantitative estimate of drug-likeness (QED) is 0.188. The van der Waals surface area contributed by atoms with E-state index < -0.39 is 17.2 Å². The van der Waals surface area contributed by atoms with E-state index in [0.717, 1.165) is 23.2 Å². The highest BCUT2D eigenvalue weighted by atomic mass is 16.2. The Labute approximate surface area is 192 Å². The third-order valence-corrected chi connectivity index (χ3v) is 6.43. The molecule has 1 aliphatic heterocycles. The lowest BCUT2D eigenvalue weighted by molar-refractivity contribution is -0.117. The van der Waals surface area contributed by atoms with Crippen molar-refractivity contribution in [3.8, 4) is 0 Å². The Morgan fingerprint density at radius 2 is 1.76 bits per heavy atom. The monoisotopic (exact) mass is 450 g/mol. The summed E-state index contributed by atoms with van der Waals surface area (Å²) in [7, 11) is 0. The fourth-order valence-electron chi connectivity index (χ4n) is 4.78. The van der Waals surface area contributed by atoms with Gasteiger partial charge in [-0.25, -0.2) is 0 Å². The molecule has 0 unspecified atom stereocenters. The van der Waals surface area contributed by atoms with Crippen molar-refractivity contribution in [2.75, 3.05) is 5.32 Å². The third-order valence-electron chi connectivity index (χ3n) is 6.43. The highest BCUT2D eigenvalue weighted by Crippen LogP contribution is 2.40. The van der Waals surface area contributed by atoms with Crippen LogP contribution in [-0.4, -0.2) is 27.7 Å². The standard InChI is InChI=1S/C24H30N6O3/c1-13-9-14(2)11-16(10-13)28-22(32)20-15(3)19(17-5-4-8-30(17)20)21(31)23(33)29-24(6-7-24)18(25)12-27-26/h9-12,27H,4-8,25-26H2,1-3H3,(H,28,32)(H,29,33)/b18-12-. The van der Waals surface area contributed by atoms with Gasteiger partial charge < -0.3 is 26.4 Å². The summed E-state index contributed by atoms with van der Waals surface area (Å²) in [5.41, 5.74) is 12.8. The van der Waals surface area contributed by atoms with Gasteiger partial charge in [-0.2, -0.15) is 0 Å². The maximum Gasteiger partial charge on any atom is 0.293 e. The van der Waals surface area contributed by atoms with Crippen molar-refractivity contribution in [3.63, 3.8) is 0 Å². The largest absolute Gasteiger partial charge is 0.399 e. The van der Waals surface area contributed by atoms with Crippen LogP contribution in [0.3, 0.4) is 0 Å². The summed E-state index contributed by atoms with van der Waals surface area (Å²) in [5.74, 6) is 3.62. The molecule has 0 radical (unpaired) electrons. The van der Waals surface area contributed by atoms with Gasteiger partial charge in [0.25, 0.3) is 17.6 Å². The minimum absolute atomic E-state index is 0.292. The zero-order valence-corrected chi connectivity index (χ0v) is 19.2. The predicted molar refractivity (Wildman–Crippen MR) is 125 cm³/mol. The van der Waals surface area contributed by atoms with Gasteiger partial charge in [0.1, 0.15) is 5.69 Å². The molecular formula is C24H30N6O3. The molecule has 9 nitrogen and oxygen atoms in total. The number of hydrogen-bond acceptors (Lipinski definition) is 6. The predicted octanol–water partition coefficient (Wildman–Crippen LogP) is 1.71. The van der Waals surface area contributed by atoms with Crippen LogP contribution in [0.1, 0.15) is 62.5 Å². The molecule has 174 valence electrons. The average molecular weight is 451 g/mol. The minimum Gasteiger partial charge on any atom is -0.399 e. The van der Waals surface area contributed by atoms with Gasteiger partial charge in [-0.05, 0) is 75.3 Å². The van der Waals surface area contributed by atoms with Crippen molar-refractivity contribution in [2.24, 2.45) is 11.6 Å². The van der Waals surface area contributed by atoms with Crippen molar-refractivity contribution in [1.29, 1.82) is 0 Å². The number of carbonyl (C=O) groups is 3. The summed E-state index contributed by atoms with van der Waals surface area (Å²) < 4.78 is 1.87. The van der Waals surface area contributed by atoms with Gasteiger partial charge in [-0.15, -0.1) is 0 Å². The number of aryl methyl sites for hydroxylation is 2. The smallest absolute Gasteiger partial charge is 0.293 e. The number of amides is 2. The number of ketones is 1. The highest BCUT2D eigenvalue weighted by Gasteiger charge is 2.48. The number of rotatable bonds is 7. The molecule has 2 amide bonds. The van der Waals surface area contributed by atoms with Crippen LogP contribution in [0.5, 0.6) is 0 Å². The Morgan fingerprint density at radius 3 is 2.36 bits per heavy atom. The van der Waals surface area contributed by atoms with Gasteiger partial charge in [0, 0.05) is 24.1 Å². The number of nitrogens with one attached hydrogen (secondary N) is 3. The number of nitrogens with two attached hydrogens (primary N) is 2. The normalized spacial score (nSPS) is 16.2. The average Bonchev–Trinajstić information content (AvgIpc) is 3.27. The number of hydrogen-bond donors (Lipinski definition) is 5. The van der Waals surface area contributed by atoms with E-state index in [1.54, 1.807) is 6.92 Å². The molecule has 0 spiro atoms. The van der Waals surface area contributed by atoms with Gasteiger partial charge in [-0.1, -0.05) is 6.07 Å². The fraction of sp³-hybridized carbons (Fsp3) is 0.375. The molecule has 9 heteroatoms. The topological polar surface area (TPSA) is 144 Å². The van der Waals surface area contributed by atoms with Gasteiger partial charge in [0.15, 0.2) is 0 Å². The SMILES string of the molecule is Cc1cc(C)cc(NC(=O)c2c(C)c(C(=O)C(=O)NC3(/C(N)=C/NN)CC3)c3n2CCC3)c1. The first-order valence-electron chi connectivity index (χ1n) is 11.1. The second-order valence-electron chi connectivity index (χ2n) is 9.01. The molecule has 1 aromatic heterocycles. The van der Waals surface area contributed by atoms with Gasteiger partial charge in [-0.3, -0.25) is 20.2 Å². The van der Waals surface area contributed by atoms with Gasteiger partial charge >= 0.3 is 0 Å². The Kier molecular flexibility index (Phi) is 5.75. The molecule has 2 aromatic rings. The maximum absolute atomic E-state index is 13.2. The molecule has 0 bridgehead atoms.